The number of halogens is 4. The third kappa shape index (κ3) is 3.04. The molecule has 1 atom stereocenters. The van der Waals surface area contributed by atoms with E-state index < -0.39 is 41.6 Å². The Hall–Kier alpha value is -2.96. The zero-order chi connectivity index (χ0) is 21.5. The summed E-state index contributed by atoms with van der Waals surface area (Å²) >= 11 is 0. The lowest BCUT2D eigenvalue weighted by molar-refractivity contribution is 0.347. The van der Waals surface area contributed by atoms with Crippen LogP contribution in [0.2, 0.25) is 0 Å². The van der Waals surface area contributed by atoms with E-state index in [4.69, 9.17) is 4.52 Å². The standard InChI is InChI=1S/C21H15F4N2O2P/c1-2-29-30(28)20-18(25)16(23)15(22)17(24)19(20)27(14-11-7-4-8-12-14)26-21(30)13-9-5-3-6-10-13/h3-12H,2H2,1H3/t30-/m0/s1. The molecule has 9 heteroatoms. The molecule has 0 fully saturated rings. The predicted octanol–water partition coefficient (Wildman–Crippen LogP) is 5.70. The molecule has 0 bridgehead atoms. The van der Waals surface area contributed by atoms with Crippen LogP contribution in [0.5, 0.6) is 0 Å². The number of fused-ring (bicyclic) bond motifs is 1. The van der Waals surface area contributed by atoms with Crippen LogP contribution in [0.3, 0.4) is 0 Å². The van der Waals surface area contributed by atoms with Crippen molar-refractivity contribution in [2.24, 2.45) is 5.10 Å². The Labute approximate surface area is 169 Å². The van der Waals surface area contributed by atoms with Crippen LogP contribution < -0.4 is 10.3 Å². The first-order valence-corrected chi connectivity index (χ1v) is 10.6. The second kappa shape index (κ2) is 7.70. The molecule has 154 valence electrons. The molecule has 3 aromatic rings. The van der Waals surface area contributed by atoms with E-state index in [9.17, 15) is 17.7 Å². The number of nitrogens with zero attached hydrogens (tertiary/aromatic N) is 2. The average Bonchev–Trinajstić information content (AvgIpc) is 2.77. The van der Waals surface area contributed by atoms with Gasteiger partial charge in [0, 0.05) is 5.56 Å². The van der Waals surface area contributed by atoms with Gasteiger partial charge in [-0.05, 0) is 19.1 Å². The summed E-state index contributed by atoms with van der Waals surface area (Å²) in [4.78, 5) is 0. The smallest absolute Gasteiger partial charge is 0.286 e. The van der Waals surface area contributed by atoms with Crippen molar-refractivity contribution in [3.05, 3.63) is 89.5 Å². The van der Waals surface area contributed by atoms with E-state index in [-0.39, 0.29) is 17.7 Å². The Kier molecular flexibility index (Phi) is 5.22. The molecule has 0 saturated heterocycles. The van der Waals surface area contributed by atoms with Gasteiger partial charge in [-0.15, -0.1) is 0 Å². The molecule has 4 rings (SSSR count). The molecule has 3 aromatic carbocycles. The van der Waals surface area contributed by atoms with E-state index >= 15 is 4.39 Å². The molecule has 0 radical (unpaired) electrons. The van der Waals surface area contributed by atoms with Gasteiger partial charge in [0.2, 0.25) is 0 Å². The molecule has 30 heavy (non-hydrogen) atoms. The molecule has 1 heterocycles. The maximum Gasteiger partial charge on any atom is 0.286 e. The van der Waals surface area contributed by atoms with Crippen LogP contribution in [-0.4, -0.2) is 12.1 Å². The fourth-order valence-electron chi connectivity index (χ4n) is 3.26. The van der Waals surface area contributed by atoms with Gasteiger partial charge < -0.3 is 4.52 Å². The van der Waals surface area contributed by atoms with Gasteiger partial charge in [0.05, 0.1) is 12.3 Å². The summed E-state index contributed by atoms with van der Waals surface area (Å²) in [6.07, 6.45) is 0. The van der Waals surface area contributed by atoms with Crippen molar-refractivity contribution in [1.82, 2.24) is 0 Å². The molecule has 0 amide bonds. The third-order valence-electron chi connectivity index (χ3n) is 4.54. The summed E-state index contributed by atoms with van der Waals surface area (Å²) in [5.74, 6) is -7.56. The summed E-state index contributed by atoms with van der Waals surface area (Å²) in [7, 11) is -4.42. The minimum atomic E-state index is -4.42. The van der Waals surface area contributed by atoms with Crippen molar-refractivity contribution in [2.75, 3.05) is 11.6 Å². The second-order valence-corrected chi connectivity index (χ2v) is 8.59. The molecule has 1 aliphatic heterocycles. The molecule has 1 aliphatic rings. The molecule has 0 unspecified atom stereocenters. The Balaban J connectivity index is 2.13. The largest absolute Gasteiger partial charge is 0.321 e. The minimum Gasteiger partial charge on any atom is -0.321 e. The first-order valence-electron chi connectivity index (χ1n) is 9.01. The van der Waals surface area contributed by atoms with Gasteiger partial charge in [-0.3, -0.25) is 4.57 Å². The topological polar surface area (TPSA) is 41.9 Å². The lowest BCUT2D eigenvalue weighted by Gasteiger charge is -2.33. The van der Waals surface area contributed by atoms with Gasteiger partial charge in [0.25, 0.3) is 7.37 Å². The van der Waals surface area contributed by atoms with Gasteiger partial charge in [-0.2, -0.15) is 5.10 Å². The fourth-order valence-corrected chi connectivity index (χ4v) is 5.61. The van der Waals surface area contributed by atoms with Crippen LogP contribution in [0.4, 0.5) is 28.9 Å². The lowest BCUT2D eigenvalue weighted by Crippen LogP contribution is -2.34. The van der Waals surface area contributed by atoms with Crippen LogP contribution in [0.25, 0.3) is 0 Å². The number of rotatable bonds is 4. The Morgan fingerprint density at radius 3 is 2.03 bits per heavy atom. The van der Waals surface area contributed by atoms with E-state index in [1.54, 1.807) is 48.5 Å². The summed E-state index contributed by atoms with van der Waals surface area (Å²) in [6, 6.07) is 16.0. The number of anilines is 2. The number of benzene rings is 3. The van der Waals surface area contributed by atoms with Crippen molar-refractivity contribution < 1.29 is 26.7 Å². The molecular formula is C21H15F4N2O2P. The molecule has 0 saturated carbocycles. The van der Waals surface area contributed by atoms with Crippen LogP contribution in [0.1, 0.15) is 12.5 Å². The summed E-state index contributed by atoms with van der Waals surface area (Å²) < 4.78 is 77.5. The maximum absolute atomic E-state index is 15.0. The van der Waals surface area contributed by atoms with Crippen LogP contribution in [-0.2, 0) is 9.09 Å². The highest BCUT2D eigenvalue weighted by molar-refractivity contribution is 7.84. The molecule has 0 aromatic heterocycles. The monoisotopic (exact) mass is 434 g/mol. The molecule has 4 nitrogen and oxygen atoms in total. The normalized spacial score (nSPS) is 18.2. The van der Waals surface area contributed by atoms with Gasteiger partial charge in [0.1, 0.15) is 11.0 Å². The van der Waals surface area contributed by atoms with Gasteiger partial charge >= 0.3 is 0 Å². The maximum atomic E-state index is 15.0. The predicted molar refractivity (Wildman–Crippen MR) is 107 cm³/mol. The van der Waals surface area contributed by atoms with Gasteiger partial charge in [-0.1, -0.05) is 48.5 Å². The first kappa shape index (κ1) is 20.3. The second-order valence-electron chi connectivity index (χ2n) is 6.36. The lowest BCUT2D eigenvalue weighted by atomic mass is 10.2. The summed E-state index contributed by atoms with van der Waals surface area (Å²) in [5.41, 5.74) is -0.440. The molecular weight excluding hydrogens is 419 g/mol. The number of hydrogen-bond acceptors (Lipinski definition) is 4. The van der Waals surface area contributed by atoms with Crippen LogP contribution >= 0.6 is 7.37 Å². The van der Waals surface area contributed by atoms with Crippen molar-refractivity contribution >= 4 is 29.5 Å². The summed E-state index contributed by atoms with van der Waals surface area (Å²) in [6.45, 7) is 1.34. The van der Waals surface area contributed by atoms with Crippen molar-refractivity contribution in [1.29, 1.82) is 0 Å². The van der Waals surface area contributed by atoms with E-state index in [1.165, 1.54) is 19.1 Å². The van der Waals surface area contributed by atoms with Crippen molar-refractivity contribution in [2.45, 2.75) is 6.92 Å². The Morgan fingerprint density at radius 1 is 0.867 bits per heavy atom. The van der Waals surface area contributed by atoms with E-state index in [0.29, 0.717) is 5.56 Å². The molecule has 0 spiro atoms. The van der Waals surface area contributed by atoms with Crippen LogP contribution in [0.15, 0.2) is 65.8 Å². The molecule has 0 aliphatic carbocycles. The third-order valence-corrected chi connectivity index (χ3v) is 7.07. The van der Waals surface area contributed by atoms with Gasteiger partial charge in [-0.25, -0.2) is 22.6 Å². The number of hydrazone groups is 1. The Morgan fingerprint density at radius 2 is 1.43 bits per heavy atom. The van der Waals surface area contributed by atoms with Crippen LogP contribution in [0, 0.1) is 23.3 Å². The zero-order valence-corrected chi connectivity index (χ0v) is 16.5. The summed E-state index contributed by atoms with van der Waals surface area (Å²) in [5, 5.41) is 4.29. The number of para-hydroxylation sites is 1. The van der Waals surface area contributed by atoms with E-state index in [2.05, 4.69) is 5.10 Å². The highest BCUT2D eigenvalue weighted by Gasteiger charge is 2.47. The SMILES string of the molecule is CCO[P@]1(=O)C(c2ccccc2)=NN(c2ccccc2)c2c(F)c(F)c(F)c(F)c21. The average molecular weight is 434 g/mol. The number of hydrogen-bond donors (Lipinski definition) is 0. The fraction of sp³-hybridized carbons (Fsp3) is 0.0952. The first-order chi connectivity index (χ1) is 14.4. The highest BCUT2D eigenvalue weighted by atomic mass is 31.2. The highest BCUT2D eigenvalue weighted by Crippen LogP contribution is 2.56. The van der Waals surface area contributed by atoms with Crippen molar-refractivity contribution in [3.8, 4) is 0 Å². The quantitative estimate of drug-likeness (QED) is 0.229. The van der Waals surface area contributed by atoms with E-state index in [0.717, 1.165) is 5.01 Å². The van der Waals surface area contributed by atoms with E-state index in [1.807, 2.05) is 0 Å². The minimum absolute atomic E-state index is 0.159. The zero-order valence-electron chi connectivity index (χ0n) is 15.7. The van der Waals surface area contributed by atoms with Crippen molar-refractivity contribution in [3.63, 3.8) is 0 Å². The Bertz CT molecular complexity index is 1190. The molecule has 0 N–H and O–H groups in total. The van der Waals surface area contributed by atoms with Gasteiger partial charge in [0.15, 0.2) is 28.7 Å².